The molecule has 0 N–H and O–H groups in total. The maximum atomic E-state index is 2.33. The summed E-state index contributed by atoms with van der Waals surface area (Å²) in [5.41, 5.74) is 0. The molecule has 0 nitrogen and oxygen atoms in total. The summed E-state index contributed by atoms with van der Waals surface area (Å²) in [5.74, 6) is 0.659. The van der Waals surface area contributed by atoms with Gasteiger partial charge in [0, 0.05) is 0 Å². The first-order valence-corrected chi connectivity index (χ1v) is 5.14. The quantitative estimate of drug-likeness (QED) is 0.407. The number of hydrogen-bond acceptors (Lipinski definition) is 0. The van der Waals surface area contributed by atoms with Crippen molar-refractivity contribution in [1.29, 1.82) is 0 Å². The molecule has 0 aliphatic carbocycles. The van der Waals surface area contributed by atoms with Gasteiger partial charge in [0.25, 0.3) is 0 Å². The van der Waals surface area contributed by atoms with Crippen molar-refractivity contribution in [2.75, 3.05) is 0 Å². The predicted molar refractivity (Wildman–Crippen MR) is 57.3 cm³/mol. The molecule has 1 atom stereocenters. The second kappa shape index (κ2) is 8.58. The second-order valence-corrected chi connectivity index (χ2v) is 3.17. The van der Waals surface area contributed by atoms with Gasteiger partial charge in [0.15, 0.2) is 0 Å². The van der Waals surface area contributed by atoms with Gasteiger partial charge in [-0.05, 0) is 25.7 Å². The van der Waals surface area contributed by atoms with Crippen LogP contribution in [0, 0.1) is 5.92 Å². The van der Waals surface area contributed by atoms with Crippen LogP contribution < -0.4 is 0 Å². The minimum Gasteiger partial charge on any atom is -0.0911 e. The van der Waals surface area contributed by atoms with Crippen molar-refractivity contribution < 1.29 is 0 Å². The molecular weight excluding hydrogens is 144 g/mol. The fraction of sp³-hybridized carbons (Fsp3) is 0.667. The SMILES string of the molecule is CC=CC(C=CCCCC)CC. The van der Waals surface area contributed by atoms with Crippen molar-refractivity contribution in [3.05, 3.63) is 24.3 Å². The Morgan fingerprint density at radius 1 is 1.17 bits per heavy atom. The highest BCUT2D eigenvalue weighted by molar-refractivity contribution is 4.98. The minimum absolute atomic E-state index is 0.659. The van der Waals surface area contributed by atoms with E-state index in [1.54, 1.807) is 0 Å². The molecule has 0 aliphatic rings. The molecule has 0 aromatic heterocycles. The molecule has 0 aromatic rings. The van der Waals surface area contributed by atoms with Crippen molar-refractivity contribution >= 4 is 0 Å². The summed E-state index contributed by atoms with van der Waals surface area (Å²) in [6.45, 7) is 6.55. The first-order valence-electron chi connectivity index (χ1n) is 5.14. The predicted octanol–water partition coefficient (Wildman–Crippen LogP) is 4.34. The zero-order valence-electron chi connectivity index (χ0n) is 8.72. The van der Waals surface area contributed by atoms with Crippen molar-refractivity contribution in [2.24, 2.45) is 5.92 Å². The molecule has 0 amide bonds. The molecule has 0 radical (unpaired) electrons. The van der Waals surface area contributed by atoms with Crippen LogP contribution in [-0.4, -0.2) is 0 Å². The first kappa shape index (κ1) is 11.5. The van der Waals surface area contributed by atoms with Gasteiger partial charge in [-0.1, -0.05) is 51.0 Å². The van der Waals surface area contributed by atoms with Crippen LogP contribution in [0.1, 0.15) is 46.5 Å². The molecular formula is C12H22. The minimum atomic E-state index is 0.659. The summed E-state index contributed by atoms with van der Waals surface area (Å²) in [6, 6.07) is 0. The van der Waals surface area contributed by atoms with Crippen LogP contribution in [0.5, 0.6) is 0 Å². The summed E-state index contributed by atoms with van der Waals surface area (Å²) < 4.78 is 0. The second-order valence-electron chi connectivity index (χ2n) is 3.17. The van der Waals surface area contributed by atoms with Crippen LogP contribution in [0.4, 0.5) is 0 Å². The third-order valence-corrected chi connectivity index (χ3v) is 2.02. The highest BCUT2D eigenvalue weighted by Gasteiger charge is 1.92. The number of allylic oxidation sites excluding steroid dienone is 4. The lowest BCUT2D eigenvalue weighted by atomic mass is 10.0. The smallest absolute Gasteiger partial charge is 0.00562 e. The molecule has 0 bridgehead atoms. The Labute approximate surface area is 77.4 Å². The average Bonchev–Trinajstić information content (AvgIpc) is 2.10. The van der Waals surface area contributed by atoms with Gasteiger partial charge < -0.3 is 0 Å². The lowest BCUT2D eigenvalue weighted by molar-refractivity contribution is 0.757. The van der Waals surface area contributed by atoms with Gasteiger partial charge in [-0.25, -0.2) is 0 Å². The highest BCUT2D eigenvalue weighted by atomic mass is 14.0. The van der Waals surface area contributed by atoms with Crippen LogP contribution in [-0.2, 0) is 0 Å². The molecule has 0 spiro atoms. The molecule has 0 aromatic carbocycles. The molecule has 70 valence electrons. The van der Waals surface area contributed by atoms with E-state index < -0.39 is 0 Å². The molecule has 0 rings (SSSR count). The van der Waals surface area contributed by atoms with Crippen LogP contribution in [0.15, 0.2) is 24.3 Å². The Morgan fingerprint density at radius 2 is 1.92 bits per heavy atom. The van der Waals surface area contributed by atoms with Crippen molar-refractivity contribution in [2.45, 2.75) is 46.5 Å². The highest BCUT2D eigenvalue weighted by Crippen LogP contribution is 2.07. The summed E-state index contributed by atoms with van der Waals surface area (Å²) >= 11 is 0. The lowest BCUT2D eigenvalue weighted by Gasteiger charge is -2.01. The molecule has 0 saturated carbocycles. The number of hydrogen-bond donors (Lipinski definition) is 0. The summed E-state index contributed by atoms with van der Waals surface area (Å²) in [5, 5.41) is 0. The third kappa shape index (κ3) is 6.21. The summed E-state index contributed by atoms with van der Waals surface area (Å²) in [6.07, 6.45) is 14.1. The maximum Gasteiger partial charge on any atom is -0.00562 e. The molecule has 0 heterocycles. The largest absolute Gasteiger partial charge is 0.0911 e. The van der Waals surface area contributed by atoms with Gasteiger partial charge in [-0.3, -0.25) is 0 Å². The van der Waals surface area contributed by atoms with Gasteiger partial charge in [0.2, 0.25) is 0 Å². The fourth-order valence-electron chi connectivity index (χ4n) is 1.18. The van der Waals surface area contributed by atoms with E-state index in [0.29, 0.717) is 5.92 Å². The molecule has 0 aliphatic heterocycles. The zero-order valence-corrected chi connectivity index (χ0v) is 8.72. The van der Waals surface area contributed by atoms with Gasteiger partial charge in [-0.2, -0.15) is 0 Å². The van der Waals surface area contributed by atoms with Gasteiger partial charge >= 0.3 is 0 Å². The van der Waals surface area contributed by atoms with E-state index in [9.17, 15) is 0 Å². The Bertz CT molecular complexity index is 131. The van der Waals surface area contributed by atoms with E-state index in [0.717, 1.165) is 0 Å². The van der Waals surface area contributed by atoms with Crippen molar-refractivity contribution in [3.63, 3.8) is 0 Å². The van der Waals surface area contributed by atoms with Crippen LogP contribution in [0.25, 0.3) is 0 Å². The number of rotatable bonds is 6. The topological polar surface area (TPSA) is 0 Å². The maximum absolute atomic E-state index is 2.33. The van der Waals surface area contributed by atoms with Crippen LogP contribution in [0.3, 0.4) is 0 Å². The fourth-order valence-corrected chi connectivity index (χ4v) is 1.18. The lowest BCUT2D eigenvalue weighted by Crippen LogP contribution is -1.87. The van der Waals surface area contributed by atoms with Gasteiger partial charge in [0.05, 0.1) is 0 Å². The standard InChI is InChI=1S/C12H22/c1-4-7-8-9-11-12(6-3)10-5-2/h5,9-12H,4,6-8H2,1-3H3. The molecule has 0 saturated heterocycles. The van der Waals surface area contributed by atoms with E-state index in [2.05, 4.69) is 45.1 Å². The molecule has 1 unspecified atom stereocenters. The summed E-state index contributed by atoms with van der Waals surface area (Å²) in [4.78, 5) is 0. The van der Waals surface area contributed by atoms with Crippen LogP contribution in [0.2, 0.25) is 0 Å². The summed E-state index contributed by atoms with van der Waals surface area (Å²) in [7, 11) is 0. The van der Waals surface area contributed by atoms with E-state index >= 15 is 0 Å². The van der Waals surface area contributed by atoms with E-state index in [4.69, 9.17) is 0 Å². The number of unbranched alkanes of at least 4 members (excludes halogenated alkanes) is 2. The Balaban J connectivity index is 3.61. The zero-order chi connectivity index (χ0) is 9.23. The van der Waals surface area contributed by atoms with Gasteiger partial charge in [-0.15, -0.1) is 0 Å². The first-order chi connectivity index (χ1) is 5.85. The molecule has 0 fully saturated rings. The van der Waals surface area contributed by atoms with Crippen molar-refractivity contribution in [3.8, 4) is 0 Å². The van der Waals surface area contributed by atoms with E-state index in [1.165, 1.54) is 25.7 Å². The molecule has 0 heteroatoms. The van der Waals surface area contributed by atoms with Gasteiger partial charge in [0.1, 0.15) is 0 Å². The van der Waals surface area contributed by atoms with E-state index in [-0.39, 0.29) is 0 Å². The van der Waals surface area contributed by atoms with Crippen molar-refractivity contribution in [1.82, 2.24) is 0 Å². The normalized spacial score (nSPS) is 14.6. The Kier molecular flexibility index (Phi) is 8.20. The average molecular weight is 166 g/mol. The van der Waals surface area contributed by atoms with E-state index in [1.807, 2.05) is 0 Å². The third-order valence-electron chi connectivity index (χ3n) is 2.02. The van der Waals surface area contributed by atoms with Crippen LogP contribution >= 0.6 is 0 Å². The Morgan fingerprint density at radius 3 is 2.42 bits per heavy atom. The monoisotopic (exact) mass is 166 g/mol. The molecule has 12 heavy (non-hydrogen) atoms. The Hall–Kier alpha value is -0.520.